The monoisotopic (exact) mass is 1670 g/mol. The molecule has 115 heavy (non-hydrogen) atoms. The molecular formula is C81H145N3O30P-. The largest absolute Gasteiger partial charge is 0.394 e. The zero-order valence-corrected chi connectivity index (χ0v) is 69.7. The van der Waals surface area contributed by atoms with Gasteiger partial charge in [-0.3, -0.25) is 38.1 Å². The second kappa shape index (κ2) is 61.6. The van der Waals surface area contributed by atoms with Crippen molar-refractivity contribution >= 4 is 54.6 Å². The number of aliphatic hydroxyl groups excluding tert-OH is 10. The van der Waals surface area contributed by atoms with Gasteiger partial charge in [-0.15, -0.1) is 0 Å². The third-order valence-corrected chi connectivity index (χ3v) is 22.0. The van der Waals surface area contributed by atoms with E-state index in [9.17, 15) is 93.8 Å². The molecule has 670 valence electrons. The molecule has 4 aliphatic rings. The molecule has 0 saturated carbocycles. The number of hydrogen-bond donors (Lipinski definition) is 13. The Labute approximate surface area is 680 Å². The minimum atomic E-state index is -3.97. The Morgan fingerprint density at radius 1 is 0.478 bits per heavy atom. The first-order valence-corrected chi connectivity index (χ1v) is 44.0. The van der Waals surface area contributed by atoms with E-state index in [1.165, 1.54) is 4.90 Å². The van der Waals surface area contributed by atoms with Crippen molar-refractivity contribution < 1.29 is 146 Å². The van der Waals surface area contributed by atoms with Gasteiger partial charge < -0.3 is 124 Å². The SMILES string of the molecule is CC1C(OCCCCC=O)OC(CO)C(O)C1O.[CH2-]P(=O)(O)OC[C@@H]1C[C@@H](O)CN1C(=O)CCCCCCCCCCC(=O)CC(COCCC(=O)CCCCCC(=O)CCCCOC1OC(CO)C(O)C(O)C1C)(COCCC(=O)CCCCCC(=O)CCCCOC1OC(CO)C(O)C(O)C1C)COCCC(=O)NCCCN. The summed E-state index contributed by atoms with van der Waals surface area (Å²) >= 11 is 0. The standard InChI is InChI=1S/C69H123N3O24P.C12H22O6/c1-50-63(83)65(85)59(44-73)95-67(50)92-36-20-18-27-53(75)23-13-10-15-25-55(77)31-38-89-47-69(49-91-40-33-61(81)71-35-22-34-70,42-57(79)29-12-8-6-4-5-7-9-17-30-62(82)72-43-58(80)41-52(72)46-94-97(3,87)88)48-90-39-32-56(78)26-16-11-14-24-54(76)28-19-21-37-93-68-51(2)64(84)66(86)60(45-74)96-68;1-8-10(15)11(16)9(7-14)18-12(8)17-6-4-2-3-5-13/h50-52,58-60,63-68,73-74,80,83-86H,3-49,70H2,1-2H3,(H,71,81)(H,87,88);5,8-12,14-16H,2-4,6-7H2,1H3/q-1;/t50?,51?,52-,58+,59?,60?,63?,64?,65?,66?,67?,68?,69?;/m0./s1. The smallest absolute Gasteiger partial charge is 0.222 e. The molecule has 0 bridgehead atoms. The predicted octanol–water partition coefficient (Wildman–Crippen LogP) is 4.62. The molecule has 4 rings (SSSR count). The molecule has 18 atom stereocenters. The van der Waals surface area contributed by atoms with Crippen LogP contribution >= 0.6 is 7.60 Å². The molecule has 0 aliphatic carbocycles. The number of Topliss-reactive ketones (excluding diaryl/α,β-unsaturated/α-hetero) is 5. The summed E-state index contributed by atoms with van der Waals surface area (Å²) in [5.74, 6) is -1.55. The Morgan fingerprint density at radius 3 is 1.21 bits per heavy atom. The van der Waals surface area contributed by atoms with Crippen LogP contribution in [-0.2, 0) is 90.1 Å². The second-order valence-electron chi connectivity index (χ2n) is 31.6. The predicted molar refractivity (Wildman–Crippen MR) is 421 cm³/mol. The number of unbranched alkanes of at least 4 members (excludes halogenated alkanes) is 15. The molecule has 4 heterocycles. The summed E-state index contributed by atoms with van der Waals surface area (Å²) in [6, 6.07) is -0.487. The molecule has 33 nitrogen and oxygen atoms in total. The number of carbonyl (C=O) groups is 8. The molecule has 0 radical (unpaired) electrons. The minimum absolute atomic E-state index is 0.00431. The number of ketones is 5. The highest BCUT2D eigenvalue weighted by molar-refractivity contribution is 7.54. The van der Waals surface area contributed by atoms with Gasteiger partial charge in [-0.25, -0.2) is 6.66 Å². The van der Waals surface area contributed by atoms with Gasteiger partial charge in [0.25, 0.3) is 0 Å². The van der Waals surface area contributed by atoms with E-state index >= 15 is 0 Å². The highest BCUT2D eigenvalue weighted by atomic mass is 31.2. The van der Waals surface area contributed by atoms with Crippen LogP contribution in [0.15, 0.2) is 0 Å². The van der Waals surface area contributed by atoms with Gasteiger partial charge in [-0.1, -0.05) is 72.1 Å². The first kappa shape index (κ1) is 105. The van der Waals surface area contributed by atoms with Crippen LogP contribution in [-0.4, -0.2) is 299 Å². The van der Waals surface area contributed by atoms with E-state index in [0.717, 1.165) is 57.7 Å². The van der Waals surface area contributed by atoms with Crippen molar-refractivity contribution in [1.82, 2.24) is 10.2 Å². The van der Waals surface area contributed by atoms with Crippen LogP contribution in [0.2, 0.25) is 0 Å². The number of aldehydes is 1. The lowest BCUT2D eigenvalue weighted by molar-refractivity contribution is -0.282. The van der Waals surface area contributed by atoms with Crippen LogP contribution in [0.5, 0.6) is 0 Å². The summed E-state index contributed by atoms with van der Waals surface area (Å²) in [6.45, 7) is 8.92. The van der Waals surface area contributed by atoms with Gasteiger partial charge in [-0.2, -0.15) is 0 Å². The third kappa shape index (κ3) is 44.6. The first-order chi connectivity index (χ1) is 55.0. The number of carbonyl (C=O) groups excluding carboxylic acids is 8. The minimum Gasteiger partial charge on any atom is -0.394 e. The maximum atomic E-state index is 14.0. The maximum absolute atomic E-state index is 14.0. The van der Waals surface area contributed by atoms with E-state index in [1.807, 2.05) is 0 Å². The lowest BCUT2D eigenvalue weighted by atomic mass is 9.83. The molecule has 4 aliphatic heterocycles. The van der Waals surface area contributed by atoms with Crippen LogP contribution in [0.3, 0.4) is 0 Å². The fourth-order valence-corrected chi connectivity index (χ4v) is 14.5. The Balaban J connectivity index is 0.00000166. The number of likely N-dealkylation sites (tertiary alicyclic amines) is 1. The van der Waals surface area contributed by atoms with Crippen molar-refractivity contribution in [3.8, 4) is 0 Å². The van der Waals surface area contributed by atoms with Crippen LogP contribution in [0.4, 0.5) is 0 Å². The number of hydrogen-bond acceptors (Lipinski definition) is 30. The number of nitrogens with zero attached hydrogens (tertiary/aromatic N) is 1. The fraction of sp³-hybridized carbons (Fsp3) is 0.889. The molecular weight excluding hydrogens is 1530 g/mol. The van der Waals surface area contributed by atoms with Crippen molar-refractivity contribution in [2.24, 2.45) is 28.9 Å². The highest BCUT2D eigenvalue weighted by Gasteiger charge is 2.45. The molecule has 0 aromatic heterocycles. The summed E-state index contributed by atoms with van der Waals surface area (Å²) in [6.07, 6.45) is 7.32. The Bertz CT molecular complexity index is 2630. The number of amides is 2. The molecule has 4 fully saturated rings. The van der Waals surface area contributed by atoms with Gasteiger partial charge in [0.1, 0.15) is 71.8 Å². The second-order valence-corrected chi connectivity index (χ2v) is 33.2. The van der Waals surface area contributed by atoms with Gasteiger partial charge in [0.2, 0.25) is 11.8 Å². The summed E-state index contributed by atoms with van der Waals surface area (Å²) < 4.78 is 68.5. The maximum Gasteiger partial charge on any atom is 0.222 e. The van der Waals surface area contributed by atoms with Crippen molar-refractivity contribution in [3.05, 3.63) is 6.66 Å². The molecule has 34 heteroatoms. The van der Waals surface area contributed by atoms with E-state index in [1.54, 1.807) is 20.8 Å². The molecule has 16 unspecified atom stereocenters. The van der Waals surface area contributed by atoms with Gasteiger partial charge >= 0.3 is 0 Å². The number of ether oxygens (including phenoxy) is 9. The third-order valence-electron chi connectivity index (χ3n) is 21.4. The zero-order chi connectivity index (χ0) is 85.0. The first-order valence-electron chi connectivity index (χ1n) is 42.3. The summed E-state index contributed by atoms with van der Waals surface area (Å²) in [5.41, 5.74) is 4.57. The Kier molecular flexibility index (Phi) is 56.5. The van der Waals surface area contributed by atoms with Crippen LogP contribution < -0.4 is 11.1 Å². The quantitative estimate of drug-likeness (QED) is 0.0171. The van der Waals surface area contributed by atoms with Crippen molar-refractivity contribution in [1.29, 1.82) is 0 Å². The average Bonchev–Trinajstić information content (AvgIpc) is 1.74. The number of nitrogens with two attached hydrogens (primary N) is 1. The summed E-state index contributed by atoms with van der Waals surface area (Å²) in [5, 5.41) is 101. The number of β-amino-alcohol motifs (C(OH)–C–C–N with tert-alkyl or cyclic N) is 1. The van der Waals surface area contributed by atoms with Crippen LogP contribution in [0.1, 0.15) is 245 Å². The molecule has 14 N–H and O–H groups in total. The number of aliphatic hydroxyl groups is 10. The topological polar surface area (TPSA) is 510 Å². The van der Waals surface area contributed by atoms with E-state index in [-0.39, 0.29) is 158 Å². The van der Waals surface area contributed by atoms with Gasteiger partial charge in [0, 0.05) is 140 Å². The summed E-state index contributed by atoms with van der Waals surface area (Å²) in [7, 11) is -3.97. The lowest BCUT2D eigenvalue weighted by Gasteiger charge is -2.40. The van der Waals surface area contributed by atoms with E-state index in [2.05, 4.69) is 12.0 Å². The zero-order valence-electron chi connectivity index (χ0n) is 68.8. The van der Waals surface area contributed by atoms with E-state index < -0.39 is 124 Å². The van der Waals surface area contributed by atoms with Gasteiger partial charge in [0.05, 0.1) is 96.5 Å². The average molecular weight is 1670 g/mol. The number of nitrogens with one attached hydrogen (secondary N) is 1. The van der Waals surface area contributed by atoms with E-state index in [0.29, 0.717) is 155 Å². The normalized spacial score (nSPS) is 26.6. The molecule has 4 saturated heterocycles. The van der Waals surface area contributed by atoms with Gasteiger partial charge in [-0.05, 0) is 96.4 Å². The van der Waals surface area contributed by atoms with Gasteiger partial charge in [0.15, 0.2) is 26.5 Å². The van der Waals surface area contributed by atoms with Crippen molar-refractivity contribution in [2.45, 2.75) is 331 Å². The fourth-order valence-electron chi connectivity index (χ4n) is 14.1. The van der Waals surface area contributed by atoms with Crippen molar-refractivity contribution in [2.75, 3.05) is 106 Å². The molecule has 0 aromatic rings. The molecule has 0 spiro atoms. The van der Waals surface area contributed by atoms with Crippen molar-refractivity contribution in [3.63, 3.8) is 0 Å². The summed E-state index contributed by atoms with van der Waals surface area (Å²) in [4.78, 5) is 112. The molecule has 2 amide bonds. The van der Waals surface area contributed by atoms with Crippen LogP contribution in [0.25, 0.3) is 0 Å². The molecule has 0 aromatic carbocycles. The van der Waals surface area contributed by atoms with Crippen LogP contribution in [0, 0.1) is 29.8 Å². The Morgan fingerprint density at radius 2 is 0.826 bits per heavy atom. The highest BCUT2D eigenvalue weighted by Crippen LogP contribution is 2.40. The Hall–Kier alpha value is -3.69. The lowest BCUT2D eigenvalue weighted by Crippen LogP contribution is -2.55. The van der Waals surface area contributed by atoms with E-state index in [4.69, 9.17) is 58.0 Å². The number of rotatable bonds is 67.